The van der Waals surface area contributed by atoms with Crippen molar-refractivity contribution in [3.63, 3.8) is 0 Å². The zero-order chi connectivity index (χ0) is 13.6. The lowest BCUT2D eigenvalue weighted by Gasteiger charge is -2.29. The van der Waals surface area contributed by atoms with Gasteiger partial charge in [0.1, 0.15) is 0 Å². The van der Waals surface area contributed by atoms with Crippen molar-refractivity contribution in [2.75, 3.05) is 25.5 Å². The van der Waals surface area contributed by atoms with Gasteiger partial charge in [-0.25, -0.2) is 4.72 Å². The molecule has 0 aromatic heterocycles. The fourth-order valence-corrected chi connectivity index (χ4v) is 3.75. The van der Waals surface area contributed by atoms with Crippen LogP contribution < -0.4 is 4.72 Å². The molecule has 18 heavy (non-hydrogen) atoms. The predicted octanol–water partition coefficient (Wildman–Crippen LogP) is 2.35. The van der Waals surface area contributed by atoms with Crippen LogP contribution in [0, 0.1) is 5.41 Å². The van der Waals surface area contributed by atoms with Crippen LogP contribution in [0.1, 0.15) is 46.0 Å². The molecule has 1 aliphatic heterocycles. The molecule has 1 heterocycles. The van der Waals surface area contributed by atoms with Crippen LogP contribution in [0.2, 0.25) is 0 Å². The number of hydrogen-bond donors (Lipinski definition) is 1. The van der Waals surface area contributed by atoms with E-state index in [1.807, 2.05) is 0 Å². The fraction of sp³-hybridized carbons (Fsp3) is 1.00. The second-order valence-electron chi connectivity index (χ2n) is 5.74. The van der Waals surface area contributed by atoms with Gasteiger partial charge in [-0.2, -0.15) is 12.7 Å². The van der Waals surface area contributed by atoms with Crippen LogP contribution in [-0.4, -0.2) is 38.2 Å². The molecule has 0 saturated carbocycles. The topological polar surface area (TPSA) is 49.4 Å². The first-order chi connectivity index (χ1) is 8.37. The minimum absolute atomic E-state index is 0.0439. The van der Waals surface area contributed by atoms with E-state index in [4.69, 9.17) is 11.6 Å². The highest BCUT2D eigenvalue weighted by molar-refractivity contribution is 7.87. The molecule has 1 saturated heterocycles. The van der Waals surface area contributed by atoms with Crippen LogP contribution in [0.5, 0.6) is 0 Å². The summed E-state index contributed by atoms with van der Waals surface area (Å²) < 4.78 is 28.5. The molecule has 0 bridgehead atoms. The Labute approximate surface area is 116 Å². The van der Waals surface area contributed by atoms with E-state index in [1.54, 1.807) is 4.31 Å². The average molecular weight is 297 g/mol. The van der Waals surface area contributed by atoms with Gasteiger partial charge in [0.25, 0.3) is 10.2 Å². The van der Waals surface area contributed by atoms with Gasteiger partial charge in [-0.1, -0.05) is 20.3 Å². The second kappa shape index (κ2) is 7.08. The van der Waals surface area contributed by atoms with Gasteiger partial charge in [0.05, 0.1) is 0 Å². The van der Waals surface area contributed by atoms with E-state index >= 15 is 0 Å². The fourth-order valence-electron chi connectivity index (χ4n) is 2.12. The SMILES string of the molecule is CC(C)(CCCCl)CNS(=O)(=O)N1CCCCC1. The number of halogens is 1. The van der Waals surface area contributed by atoms with Crippen molar-refractivity contribution in [3.05, 3.63) is 0 Å². The Morgan fingerprint density at radius 1 is 1.22 bits per heavy atom. The van der Waals surface area contributed by atoms with Gasteiger partial charge in [-0.05, 0) is 31.1 Å². The number of piperidine rings is 1. The van der Waals surface area contributed by atoms with E-state index in [9.17, 15) is 8.42 Å². The predicted molar refractivity (Wildman–Crippen MR) is 76.1 cm³/mol. The smallest absolute Gasteiger partial charge is 0.202 e. The summed E-state index contributed by atoms with van der Waals surface area (Å²) in [7, 11) is -3.29. The zero-order valence-corrected chi connectivity index (χ0v) is 13.0. The molecule has 0 unspecified atom stereocenters. The summed E-state index contributed by atoms with van der Waals surface area (Å²) in [5.74, 6) is 0.627. The average Bonchev–Trinajstić information content (AvgIpc) is 2.36. The molecule has 6 heteroatoms. The maximum atomic E-state index is 12.1. The van der Waals surface area contributed by atoms with Gasteiger partial charge >= 0.3 is 0 Å². The van der Waals surface area contributed by atoms with Crippen molar-refractivity contribution < 1.29 is 8.42 Å². The molecule has 0 radical (unpaired) electrons. The molecule has 1 fully saturated rings. The Morgan fingerprint density at radius 2 is 1.83 bits per heavy atom. The Balaban J connectivity index is 2.45. The molecule has 108 valence electrons. The van der Waals surface area contributed by atoms with Crippen molar-refractivity contribution >= 4 is 21.8 Å². The summed E-state index contributed by atoms with van der Waals surface area (Å²) in [6.45, 7) is 5.91. The summed E-state index contributed by atoms with van der Waals surface area (Å²) in [6.07, 6.45) is 4.92. The summed E-state index contributed by atoms with van der Waals surface area (Å²) in [4.78, 5) is 0. The summed E-state index contributed by atoms with van der Waals surface area (Å²) in [5, 5.41) is 0. The highest BCUT2D eigenvalue weighted by Gasteiger charge is 2.26. The monoisotopic (exact) mass is 296 g/mol. The molecule has 0 aromatic carbocycles. The molecule has 4 nitrogen and oxygen atoms in total. The Bertz CT molecular complexity index is 338. The van der Waals surface area contributed by atoms with Crippen molar-refractivity contribution in [1.29, 1.82) is 0 Å². The number of alkyl halides is 1. The standard InChI is InChI=1S/C12H25ClN2O2S/c1-12(2,7-6-8-13)11-14-18(16,17)15-9-4-3-5-10-15/h14H,3-11H2,1-2H3. The summed E-state index contributed by atoms with van der Waals surface area (Å²) >= 11 is 5.67. The Hall–Kier alpha value is 0.160. The van der Waals surface area contributed by atoms with E-state index in [0.29, 0.717) is 25.5 Å². The third-order valence-electron chi connectivity index (χ3n) is 3.38. The number of nitrogens with zero attached hydrogens (tertiary/aromatic N) is 1. The van der Waals surface area contributed by atoms with Gasteiger partial charge in [0.15, 0.2) is 0 Å². The highest BCUT2D eigenvalue weighted by Crippen LogP contribution is 2.22. The van der Waals surface area contributed by atoms with E-state index in [-0.39, 0.29) is 5.41 Å². The lowest BCUT2D eigenvalue weighted by atomic mass is 9.88. The molecule has 0 aliphatic carbocycles. The molecule has 0 atom stereocenters. The van der Waals surface area contributed by atoms with Gasteiger partial charge in [0, 0.05) is 25.5 Å². The third kappa shape index (κ3) is 5.43. The van der Waals surface area contributed by atoms with Crippen LogP contribution in [0.15, 0.2) is 0 Å². The molecular formula is C12H25ClN2O2S. The van der Waals surface area contributed by atoms with Crippen LogP contribution in [0.4, 0.5) is 0 Å². The summed E-state index contributed by atoms with van der Waals surface area (Å²) in [6, 6.07) is 0. The van der Waals surface area contributed by atoms with Crippen LogP contribution >= 0.6 is 11.6 Å². The van der Waals surface area contributed by atoms with Crippen molar-refractivity contribution in [3.8, 4) is 0 Å². The normalized spacial score (nSPS) is 19.1. The van der Waals surface area contributed by atoms with E-state index < -0.39 is 10.2 Å². The highest BCUT2D eigenvalue weighted by atomic mass is 35.5. The van der Waals surface area contributed by atoms with Crippen molar-refractivity contribution in [2.45, 2.75) is 46.0 Å². The Kier molecular flexibility index (Phi) is 6.38. The second-order valence-corrected chi connectivity index (χ2v) is 7.88. The molecule has 1 aliphatic rings. The lowest BCUT2D eigenvalue weighted by molar-refractivity contribution is 0.311. The molecule has 0 spiro atoms. The maximum absolute atomic E-state index is 12.1. The van der Waals surface area contributed by atoms with Crippen LogP contribution in [-0.2, 0) is 10.2 Å². The number of rotatable bonds is 7. The largest absolute Gasteiger partial charge is 0.279 e. The van der Waals surface area contributed by atoms with Gasteiger partial charge in [-0.3, -0.25) is 0 Å². The van der Waals surface area contributed by atoms with Crippen molar-refractivity contribution in [2.24, 2.45) is 5.41 Å². The van der Waals surface area contributed by atoms with Gasteiger partial charge < -0.3 is 0 Å². The van der Waals surface area contributed by atoms with E-state index in [0.717, 1.165) is 32.1 Å². The van der Waals surface area contributed by atoms with Gasteiger partial charge in [0.2, 0.25) is 0 Å². The van der Waals surface area contributed by atoms with Crippen LogP contribution in [0.3, 0.4) is 0 Å². The molecule has 1 rings (SSSR count). The minimum Gasteiger partial charge on any atom is -0.202 e. The number of hydrogen-bond acceptors (Lipinski definition) is 2. The third-order valence-corrected chi connectivity index (χ3v) is 5.20. The molecule has 0 amide bonds. The first kappa shape index (κ1) is 16.2. The lowest BCUT2D eigenvalue weighted by Crippen LogP contribution is -2.46. The maximum Gasteiger partial charge on any atom is 0.279 e. The minimum atomic E-state index is -3.29. The first-order valence-corrected chi connectivity index (χ1v) is 8.65. The zero-order valence-electron chi connectivity index (χ0n) is 11.4. The molecular weight excluding hydrogens is 272 g/mol. The quantitative estimate of drug-likeness (QED) is 0.733. The van der Waals surface area contributed by atoms with Crippen LogP contribution in [0.25, 0.3) is 0 Å². The Morgan fingerprint density at radius 3 is 2.39 bits per heavy atom. The summed E-state index contributed by atoms with van der Waals surface area (Å²) in [5.41, 5.74) is -0.0439. The van der Waals surface area contributed by atoms with E-state index in [2.05, 4.69) is 18.6 Å². The molecule has 1 N–H and O–H groups in total. The molecule has 0 aromatic rings. The first-order valence-electron chi connectivity index (χ1n) is 6.68. The van der Waals surface area contributed by atoms with E-state index in [1.165, 1.54) is 0 Å². The van der Waals surface area contributed by atoms with Crippen molar-refractivity contribution in [1.82, 2.24) is 9.03 Å². The van der Waals surface area contributed by atoms with Gasteiger partial charge in [-0.15, -0.1) is 11.6 Å². The number of nitrogens with one attached hydrogen (secondary N) is 1.